The van der Waals surface area contributed by atoms with Gasteiger partial charge in [-0.25, -0.2) is 0 Å². The van der Waals surface area contributed by atoms with E-state index in [0.29, 0.717) is 0 Å². The molecular formula is C11H14BrNO. The largest absolute Gasteiger partial charge is 0.372 e. The highest BCUT2D eigenvalue weighted by molar-refractivity contribution is 9.09. The van der Waals surface area contributed by atoms with E-state index in [-0.39, 0.29) is 4.83 Å². The Morgan fingerprint density at radius 1 is 1.43 bits per heavy atom. The summed E-state index contributed by atoms with van der Waals surface area (Å²) in [7, 11) is 0. The zero-order valence-electron chi connectivity index (χ0n) is 8.15. The molecule has 76 valence electrons. The summed E-state index contributed by atoms with van der Waals surface area (Å²) in [6.45, 7) is 2.88. The maximum Gasteiger partial charge on any atom is 0.139 e. The van der Waals surface area contributed by atoms with Gasteiger partial charge in [0, 0.05) is 12.2 Å². The van der Waals surface area contributed by atoms with Crippen LogP contribution in [0.25, 0.3) is 0 Å². The predicted octanol–water partition coefficient (Wildman–Crippen LogP) is 2.15. The second kappa shape index (κ2) is 3.91. The standard InChI is InChI=1S/C11H14BrNO/c1-8(12)11(14)13-7-6-9-4-2-3-5-10(9)13/h2-5,8,11,14H,6-7H2,1H3. The fourth-order valence-corrected chi connectivity index (χ4v) is 2.17. The first-order valence-electron chi connectivity index (χ1n) is 4.87. The Bertz CT molecular complexity index is 327. The highest BCUT2D eigenvalue weighted by atomic mass is 79.9. The Labute approximate surface area is 92.7 Å². The Balaban J connectivity index is 2.26. The molecule has 1 aliphatic rings. The third kappa shape index (κ3) is 1.66. The van der Waals surface area contributed by atoms with Crippen molar-refractivity contribution < 1.29 is 5.11 Å². The minimum Gasteiger partial charge on any atom is -0.372 e. The highest BCUT2D eigenvalue weighted by Crippen LogP contribution is 2.30. The zero-order valence-corrected chi connectivity index (χ0v) is 9.74. The molecule has 1 heterocycles. The summed E-state index contributed by atoms with van der Waals surface area (Å²) in [6.07, 6.45) is 0.603. The summed E-state index contributed by atoms with van der Waals surface area (Å²) in [6, 6.07) is 8.26. The average molecular weight is 256 g/mol. The number of para-hydroxylation sites is 1. The number of hydrogen-bond donors (Lipinski definition) is 1. The molecule has 2 atom stereocenters. The maximum atomic E-state index is 9.95. The quantitative estimate of drug-likeness (QED) is 0.819. The van der Waals surface area contributed by atoms with Crippen molar-refractivity contribution in [3.63, 3.8) is 0 Å². The predicted molar refractivity (Wildman–Crippen MR) is 61.9 cm³/mol. The van der Waals surface area contributed by atoms with Gasteiger partial charge in [-0.05, 0) is 25.0 Å². The summed E-state index contributed by atoms with van der Waals surface area (Å²) in [5, 5.41) is 9.95. The Kier molecular flexibility index (Phi) is 2.79. The molecular weight excluding hydrogens is 242 g/mol. The van der Waals surface area contributed by atoms with Crippen LogP contribution in [0.4, 0.5) is 5.69 Å². The van der Waals surface area contributed by atoms with Crippen molar-refractivity contribution in [1.29, 1.82) is 0 Å². The number of aliphatic hydroxyl groups is 1. The Hall–Kier alpha value is -0.540. The lowest BCUT2D eigenvalue weighted by atomic mass is 10.2. The molecule has 2 nitrogen and oxygen atoms in total. The lowest BCUT2D eigenvalue weighted by molar-refractivity contribution is 0.174. The van der Waals surface area contributed by atoms with Gasteiger partial charge < -0.3 is 10.0 Å². The van der Waals surface area contributed by atoms with Crippen LogP contribution in [0.2, 0.25) is 0 Å². The van der Waals surface area contributed by atoms with Crippen LogP contribution in [0.1, 0.15) is 12.5 Å². The van der Waals surface area contributed by atoms with Crippen LogP contribution in [-0.4, -0.2) is 22.7 Å². The van der Waals surface area contributed by atoms with Gasteiger partial charge in [-0.15, -0.1) is 0 Å². The van der Waals surface area contributed by atoms with Crippen molar-refractivity contribution >= 4 is 21.6 Å². The molecule has 1 N–H and O–H groups in total. The highest BCUT2D eigenvalue weighted by Gasteiger charge is 2.26. The van der Waals surface area contributed by atoms with E-state index in [4.69, 9.17) is 0 Å². The zero-order chi connectivity index (χ0) is 10.1. The van der Waals surface area contributed by atoms with Crippen LogP contribution in [0.3, 0.4) is 0 Å². The van der Waals surface area contributed by atoms with Crippen molar-refractivity contribution in [3.8, 4) is 0 Å². The van der Waals surface area contributed by atoms with E-state index < -0.39 is 6.23 Å². The number of hydrogen-bond acceptors (Lipinski definition) is 2. The number of nitrogens with zero attached hydrogens (tertiary/aromatic N) is 1. The van der Waals surface area contributed by atoms with Crippen LogP contribution in [-0.2, 0) is 6.42 Å². The fourth-order valence-electron chi connectivity index (χ4n) is 1.89. The van der Waals surface area contributed by atoms with Crippen LogP contribution in [0.15, 0.2) is 24.3 Å². The third-order valence-corrected chi connectivity index (χ3v) is 3.13. The van der Waals surface area contributed by atoms with Crippen molar-refractivity contribution in [2.75, 3.05) is 11.4 Å². The van der Waals surface area contributed by atoms with Gasteiger partial charge in [0.05, 0.1) is 4.83 Å². The molecule has 1 aliphatic heterocycles. The van der Waals surface area contributed by atoms with E-state index in [1.807, 2.05) is 19.1 Å². The average Bonchev–Trinajstić information content (AvgIpc) is 2.60. The van der Waals surface area contributed by atoms with E-state index in [9.17, 15) is 5.11 Å². The third-order valence-electron chi connectivity index (χ3n) is 2.65. The van der Waals surface area contributed by atoms with Crippen LogP contribution in [0.5, 0.6) is 0 Å². The molecule has 0 aromatic heterocycles. The van der Waals surface area contributed by atoms with Gasteiger partial charge in [-0.1, -0.05) is 34.1 Å². The van der Waals surface area contributed by atoms with Crippen molar-refractivity contribution in [1.82, 2.24) is 0 Å². The molecule has 0 aliphatic carbocycles. The molecule has 0 spiro atoms. The van der Waals surface area contributed by atoms with E-state index >= 15 is 0 Å². The van der Waals surface area contributed by atoms with Crippen LogP contribution in [0, 0.1) is 0 Å². The second-order valence-corrected chi connectivity index (χ2v) is 5.11. The van der Waals surface area contributed by atoms with Gasteiger partial charge in [0.25, 0.3) is 0 Å². The molecule has 0 saturated heterocycles. The number of aliphatic hydroxyl groups excluding tert-OH is 1. The SMILES string of the molecule is CC(Br)C(O)N1CCc2ccccc21. The lowest BCUT2D eigenvalue weighted by Gasteiger charge is -2.27. The van der Waals surface area contributed by atoms with Gasteiger partial charge in [0.15, 0.2) is 0 Å². The second-order valence-electron chi connectivity index (χ2n) is 3.66. The lowest BCUT2D eigenvalue weighted by Crippen LogP contribution is -2.38. The Morgan fingerprint density at radius 3 is 2.86 bits per heavy atom. The van der Waals surface area contributed by atoms with Gasteiger partial charge in [0.1, 0.15) is 6.23 Å². The van der Waals surface area contributed by atoms with E-state index in [1.165, 1.54) is 11.3 Å². The van der Waals surface area contributed by atoms with Crippen LogP contribution < -0.4 is 4.90 Å². The van der Waals surface area contributed by atoms with Crippen molar-refractivity contribution in [3.05, 3.63) is 29.8 Å². The van der Waals surface area contributed by atoms with E-state index in [2.05, 4.69) is 33.0 Å². The molecule has 1 aromatic carbocycles. The number of halogens is 1. The molecule has 2 unspecified atom stereocenters. The number of benzene rings is 1. The smallest absolute Gasteiger partial charge is 0.139 e. The summed E-state index contributed by atoms with van der Waals surface area (Å²) in [5.41, 5.74) is 2.51. The van der Waals surface area contributed by atoms with Gasteiger partial charge in [-0.2, -0.15) is 0 Å². The Morgan fingerprint density at radius 2 is 2.14 bits per heavy atom. The molecule has 0 amide bonds. The molecule has 2 rings (SSSR count). The minimum absolute atomic E-state index is 0.0913. The van der Waals surface area contributed by atoms with Gasteiger partial charge >= 0.3 is 0 Å². The van der Waals surface area contributed by atoms with Crippen molar-refractivity contribution in [2.45, 2.75) is 24.4 Å². The minimum atomic E-state index is -0.432. The molecule has 3 heteroatoms. The number of anilines is 1. The first-order chi connectivity index (χ1) is 6.70. The summed E-state index contributed by atoms with van der Waals surface area (Å²) >= 11 is 3.41. The first-order valence-corrected chi connectivity index (χ1v) is 5.78. The normalized spacial score (nSPS) is 19.2. The fraction of sp³-hybridized carbons (Fsp3) is 0.455. The topological polar surface area (TPSA) is 23.5 Å². The summed E-state index contributed by atoms with van der Waals surface area (Å²) < 4.78 is 0. The molecule has 1 aromatic rings. The first kappa shape index (κ1) is 9.99. The van der Waals surface area contributed by atoms with E-state index in [0.717, 1.165) is 13.0 Å². The molecule has 0 bridgehead atoms. The summed E-state index contributed by atoms with van der Waals surface area (Å²) in [4.78, 5) is 2.14. The molecule has 0 radical (unpaired) electrons. The monoisotopic (exact) mass is 255 g/mol. The van der Waals surface area contributed by atoms with Crippen molar-refractivity contribution in [2.24, 2.45) is 0 Å². The van der Waals surface area contributed by atoms with Gasteiger partial charge in [-0.3, -0.25) is 0 Å². The van der Waals surface area contributed by atoms with E-state index in [1.54, 1.807) is 0 Å². The number of rotatable bonds is 2. The number of fused-ring (bicyclic) bond motifs is 1. The number of alkyl halides is 1. The van der Waals surface area contributed by atoms with Crippen LogP contribution >= 0.6 is 15.9 Å². The molecule has 0 fully saturated rings. The molecule has 14 heavy (non-hydrogen) atoms. The van der Waals surface area contributed by atoms with Gasteiger partial charge in [0.2, 0.25) is 0 Å². The summed E-state index contributed by atoms with van der Waals surface area (Å²) in [5.74, 6) is 0. The molecule has 0 saturated carbocycles. The maximum absolute atomic E-state index is 9.95.